The quantitative estimate of drug-likeness (QED) is 0.396. The molecule has 6 nitrogen and oxygen atoms in total. The summed E-state index contributed by atoms with van der Waals surface area (Å²) >= 11 is 7.08. The zero-order chi connectivity index (χ0) is 12.1. The van der Waals surface area contributed by atoms with Crippen LogP contribution in [0.4, 0.5) is 5.82 Å². The van der Waals surface area contributed by atoms with Crippen LogP contribution in [0.5, 0.6) is 0 Å². The number of halogens is 1. The van der Waals surface area contributed by atoms with E-state index >= 15 is 0 Å². The van der Waals surface area contributed by atoms with Crippen molar-refractivity contribution in [3.8, 4) is 0 Å². The molecule has 0 saturated heterocycles. The van der Waals surface area contributed by atoms with Gasteiger partial charge in [0.15, 0.2) is 5.16 Å². The maximum Gasteiger partial charge on any atom is 0.248 e. The molecule has 0 aliphatic heterocycles. The maximum absolute atomic E-state index is 10.6. The van der Waals surface area contributed by atoms with Gasteiger partial charge in [-0.1, -0.05) is 23.4 Å². The molecule has 0 bridgehead atoms. The minimum atomic E-state index is -1.26. The molecule has 1 atom stereocenters. The third kappa shape index (κ3) is 3.84. The molecule has 1 rings (SSSR count). The van der Waals surface area contributed by atoms with Gasteiger partial charge in [-0.05, 0) is 6.26 Å². The van der Waals surface area contributed by atoms with Crippen molar-refractivity contribution in [2.75, 3.05) is 18.1 Å². The first-order valence-electron chi connectivity index (χ1n) is 4.32. The van der Waals surface area contributed by atoms with Gasteiger partial charge in [0.2, 0.25) is 5.91 Å². The molecule has 0 aromatic carbocycles. The van der Waals surface area contributed by atoms with Gasteiger partial charge in [-0.25, -0.2) is 9.97 Å². The number of rotatable bonds is 5. The van der Waals surface area contributed by atoms with Gasteiger partial charge in [0.25, 0.3) is 0 Å². The van der Waals surface area contributed by atoms with Crippen LogP contribution >= 0.6 is 23.4 Å². The highest BCUT2D eigenvalue weighted by molar-refractivity contribution is 7.98. The van der Waals surface area contributed by atoms with Gasteiger partial charge in [0.05, 0.1) is 6.54 Å². The van der Waals surface area contributed by atoms with Crippen molar-refractivity contribution in [3.05, 3.63) is 11.2 Å². The summed E-state index contributed by atoms with van der Waals surface area (Å²) in [5.74, 6) is -0.359. The Morgan fingerprint density at radius 3 is 3.00 bits per heavy atom. The lowest BCUT2D eigenvalue weighted by Crippen LogP contribution is -2.34. The van der Waals surface area contributed by atoms with Crippen molar-refractivity contribution in [1.29, 1.82) is 0 Å². The van der Waals surface area contributed by atoms with Crippen LogP contribution in [-0.4, -0.2) is 39.9 Å². The monoisotopic (exact) mass is 262 g/mol. The SMILES string of the molecule is CSc1nc(Cl)cc(NCC(O)C(N)=O)n1. The maximum atomic E-state index is 10.6. The van der Waals surface area contributed by atoms with Gasteiger partial charge >= 0.3 is 0 Å². The molecular weight excluding hydrogens is 252 g/mol. The van der Waals surface area contributed by atoms with Gasteiger partial charge in [0.1, 0.15) is 17.1 Å². The Kier molecular flexibility index (Phi) is 4.78. The largest absolute Gasteiger partial charge is 0.381 e. The van der Waals surface area contributed by atoms with Crippen molar-refractivity contribution in [3.63, 3.8) is 0 Å². The Labute approximate surface area is 102 Å². The molecule has 4 N–H and O–H groups in total. The molecule has 1 amide bonds. The van der Waals surface area contributed by atoms with Crippen LogP contribution in [0.15, 0.2) is 11.2 Å². The van der Waals surface area contributed by atoms with Crippen LogP contribution in [0.1, 0.15) is 0 Å². The summed E-state index contributed by atoms with van der Waals surface area (Å²) in [4.78, 5) is 18.6. The Balaban J connectivity index is 2.66. The van der Waals surface area contributed by atoms with Crippen LogP contribution < -0.4 is 11.1 Å². The fraction of sp³-hybridized carbons (Fsp3) is 0.375. The van der Waals surface area contributed by atoms with E-state index in [0.717, 1.165) is 0 Å². The smallest absolute Gasteiger partial charge is 0.248 e. The summed E-state index contributed by atoms with van der Waals surface area (Å²) in [6, 6.07) is 1.50. The van der Waals surface area contributed by atoms with Crippen molar-refractivity contribution in [2.45, 2.75) is 11.3 Å². The molecule has 8 heteroatoms. The zero-order valence-corrected chi connectivity index (χ0v) is 10.0. The fourth-order valence-electron chi connectivity index (χ4n) is 0.880. The number of nitrogens with zero attached hydrogens (tertiary/aromatic N) is 2. The summed E-state index contributed by atoms with van der Waals surface area (Å²) in [7, 11) is 0. The molecule has 16 heavy (non-hydrogen) atoms. The van der Waals surface area contributed by atoms with E-state index in [1.165, 1.54) is 17.8 Å². The number of anilines is 1. The van der Waals surface area contributed by atoms with Crippen LogP contribution in [0.25, 0.3) is 0 Å². The van der Waals surface area contributed by atoms with E-state index in [-0.39, 0.29) is 11.7 Å². The number of carbonyl (C=O) groups is 1. The summed E-state index contributed by atoms with van der Waals surface area (Å²) in [6.45, 7) is -0.0174. The van der Waals surface area contributed by atoms with Gasteiger partial charge < -0.3 is 16.2 Å². The number of hydrogen-bond acceptors (Lipinski definition) is 6. The lowest BCUT2D eigenvalue weighted by Gasteiger charge is -2.09. The number of aliphatic hydroxyl groups excluding tert-OH is 1. The Hall–Kier alpha value is -1.05. The number of aromatic nitrogens is 2. The number of thioether (sulfide) groups is 1. The number of amides is 1. The second kappa shape index (κ2) is 5.88. The second-order valence-electron chi connectivity index (χ2n) is 2.86. The molecule has 88 valence electrons. The molecule has 0 saturated carbocycles. The molecule has 0 aliphatic carbocycles. The number of aliphatic hydroxyl groups is 1. The van der Waals surface area contributed by atoms with Crippen LogP contribution in [0.2, 0.25) is 5.15 Å². The van der Waals surface area contributed by atoms with E-state index in [0.29, 0.717) is 11.0 Å². The molecule has 1 aromatic rings. The Morgan fingerprint density at radius 2 is 2.44 bits per heavy atom. The minimum absolute atomic E-state index is 0.0174. The van der Waals surface area contributed by atoms with E-state index in [9.17, 15) is 4.79 Å². The van der Waals surface area contributed by atoms with E-state index in [1.807, 2.05) is 6.26 Å². The highest BCUT2D eigenvalue weighted by Gasteiger charge is 2.11. The lowest BCUT2D eigenvalue weighted by molar-refractivity contribution is -0.125. The number of primary amides is 1. The first-order chi connectivity index (χ1) is 7.52. The third-order valence-corrected chi connectivity index (χ3v) is 2.40. The highest BCUT2D eigenvalue weighted by atomic mass is 35.5. The van der Waals surface area contributed by atoms with Crippen molar-refractivity contribution >= 4 is 35.1 Å². The van der Waals surface area contributed by atoms with Crippen molar-refractivity contribution in [2.24, 2.45) is 5.73 Å². The summed E-state index contributed by atoms with van der Waals surface area (Å²) in [6.07, 6.45) is 0.555. The summed E-state index contributed by atoms with van der Waals surface area (Å²) in [5, 5.41) is 12.7. The lowest BCUT2D eigenvalue weighted by atomic mass is 10.3. The van der Waals surface area contributed by atoms with Crippen molar-refractivity contribution < 1.29 is 9.90 Å². The molecule has 0 radical (unpaired) electrons. The first kappa shape index (κ1) is 13.0. The molecule has 1 aromatic heterocycles. The number of nitrogens with two attached hydrogens (primary N) is 1. The molecular formula is C8H11ClN4O2S. The normalized spacial score (nSPS) is 12.2. The zero-order valence-electron chi connectivity index (χ0n) is 8.48. The summed E-state index contributed by atoms with van der Waals surface area (Å²) in [5.41, 5.74) is 4.89. The van der Waals surface area contributed by atoms with E-state index in [4.69, 9.17) is 22.4 Å². The molecule has 1 heterocycles. The number of carbonyl (C=O) groups excluding carboxylic acids is 1. The molecule has 0 spiro atoms. The first-order valence-corrected chi connectivity index (χ1v) is 5.93. The molecule has 0 fully saturated rings. The highest BCUT2D eigenvalue weighted by Crippen LogP contribution is 2.16. The van der Waals surface area contributed by atoms with E-state index in [2.05, 4.69) is 15.3 Å². The number of nitrogens with one attached hydrogen (secondary N) is 1. The van der Waals surface area contributed by atoms with Gasteiger partial charge in [0, 0.05) is 6.07 Å². The average molecular weight is 263 g/mol. The Bertz CT molecular complexity index is 390. The predicted octanol–water partition coefficient (Wildman–Crippen LogP) is 0.110. The fourth-order valence-corrected chi connectivity index (χ4v) is 1.49. The van der Waals surface area contributed by atoms with E-state index in [1.54, 1.807) is 0 Å². The summed E-state index contributed by atoms with van der Waals surface area (Å²) < 4.78 is 0. The minimum Gasteiger partial charge on any atom is -0.381 e. The van der Waals surface area contributed by atoms with E-state index < -0.39 is 12.0 Å². The topological polar surface area (TPSA) is 101 Å². The molecule has 1 unspecified atom stereocenters. The average Bonchev–Trinajstić information content (AvgIpc) is 2.24. The number of hydrogen-bond donors (Lipinski definition) is 3. The van der Waals surface area contributed by atoms with Gasteiger partial charge in [-0.15, -0.1) is 0 Å². The van der Waals surface area contributed by atoms with Crippen LogP contribution in [0.3, 0.4) is 0 Å². The Morgan fingerprint density at radius 1 is 1.75 bits per heavy atom. The van der Waals surface area contributed by atoms with Crippen LogP contribution in [0, 0.1) is 0 Å². The third-order valence-electron chi connectivity index (χ3n) is 1.66. The predicted molar refractivity (Wildman–Crippen MR) is 62.5 cm³/mol. The van der Waals surface area contributed by atoms with Gasteiger partial charge in [-0.3, -0.25) is 4.79 Å². The molecule has 0 aliphatic rings. The second-order valence-corrected chi connectivity index (χ2v) is 4.02. The van der Waals surface area contributed by atoms with Gasteiger partial charge in [-0.2, -0.15) is 0 Å². The van der Waals surface area contributed by atoms with Crippen LogP contribution in [-0.2, 0) is 4.79 Å². The van der Waals surface area contributed by atoms with Crippen molar-refractivity contribution in [1.82, 2.24) is 9.97 Å². The standard InChI is InChI=1S/C8H11ClN4O2S/c1-16-8-12-5(9)2-6(13-8)11-3-4(14)7(10)15/h2,4,14H,3H2,1H3,(H2,10,15)(H,11,12,13).